The number of aryl methyl sites for hydroxylation is 1. The number of hydrogen-bond acceptors (Lipinski definition) is 10. The summed E-state index contributed by atoms with van der Waals surface area (Å²) in [5, 5.41) is 6.57. The molecule has 3 aromatic heterocycles. The summed E-state index contributed by atoms with van der Waals surface area (Å²) < 4.78 is 24.7. The minimum absolute atomic E-state index is 0.0280. The molecule has 3 heterocycles. The van der Waals surface area contributed by atoms with Crippen LogP contribution in [-0.2, 0) is 7.05 Å². The number of halogens is 2. The molecule has 0 bridgehead atoms. The number of aromatic nitrogens is 5. The highest BCUT2D eigenvalue weighted by molar-refractivity contribution is 8.00. The van der Waals surface area contributed by atoms with E-state index in [-0.39, 0.29) is 11.3 Å². The maximum Gasteiger partial charge on any atom is 0.278 e. The third-order valence-corrected chi connectivity index (χ3v) is 7.28. The zero-order valence-corrected chi connectivity index (χ0v) is 24.4. The van der Waals surface area contributed by atoms with Gasteiger partial charge in [-0.25, -0.2) is 19.3 Å². The second-order valence-corrected chi connectivity index (χ2v) is 10.6. The van der Waals surface area contributed by atoms with Crippen molar-refractivity contribution in [3.8, 4) is 17.1 Å². The molecule has 0 saturated heterocycles. The molecule has 0 spiro atoms. The SMILES string of the molecule is CNC.COc1ncc(Cl)cc1SNc1ccc(F)c(-c2nc3cnc(NC4CCCCC4)nc3n(C)c2=O)c1. The summed E-state index contributed by atoms with van der Waals surface area (Å²) in [6, 6.07) is 6.40. The van der Waals surface area contributed by atoms with Crippen molar-refractivity contribution in [1.82, 2.24) is 29.8 Å². The van der Waals surface area contributed by atoms with E-state index in [1.807, 2.05) is 14.1 Å². The highest BCUT2D eigenvalue weighted by Crippen LogP contribution is 2.32. The standard InChI is InChI=1S/C25H25ClFN7O2S.C2H7N/c1-34-22-19(13-29-25(32-22)30-15-6-4-3-5-7-15)31-21(24(34)35)17-11-16(8-9-18(17)27)33-37-20-10-14(26)12-28-23(20)36-2;1-3-2/h8-13,15,33H,3-7H2,1-2H3,(H,29,30,32);3H,1-2H3. The van der Waals surface area contributed by atoms with Gasteiger partial charge in [0, 0.05) is 30.5 Å². The van der Waals surface area contributed by atoms with E-state index in [9.17, 15) is 9.18 Å². The van der Waals surface area contributed by atoms with Crippen molar-refractivity contribution in [2.24, 2.45) is 7.05 Å². The molecule has 13 heteroatoms. The molecule has 1 fully saturated rings. The first-order chi connectivity index (χ1) is 19.3. The van der Waals surface area contributed by atoms with Crippen molar-refractivity contribution in [1.29, 1.82) is 0 Å². The summed E-state index contributed by atoms with van der Waals surface area (Å²) in [6.07, 6.45) is 8.79. The Balaban J connectivity index is 0.00000118. The van der Waals surface area contributed by atoms with E-state index >= 15 is 0 Å². The first-order valence-corrected chi connectivity index (χ1v) is 14.0. The van der Waals surface area contributed by atoms with Gasteiger partial charge >= 0.3 is 0 Å². The van der Waals surface area contributed by atoms with Crippen LogP contribution in [0.2, 0.25) is 5.02 Å². The molecule has 1 aromatic carbocycles. The van der Waals surface area contributed by atoms with E-state index in [0.717, 1.165) is 12.8 Å². The fraction of sp³-hybridized carbons (Fsp3) is 0.370. The number of pyridine rings is 1. The van der Waals surface area contributed by atoms with Gasteiger partial charge in [-0.15, -0.1) is 0 Å². The molecule has 0 atom stereocenters. The van der Waals surface area contributed by atoms with E-state index in [1.165, 1.54) is 61.2 Å². The highest BCUT2D eigenvalue weighted by Gasteiger charge is 2.19. The fourth-order valence-electron chi connectivity index (χ4n) is 4.31. The molecule has 0 radical (unpaired) electrons. The number of anilines is 2. The average Bonchev–Trinajstić information content (AvgIpc) is 2.96. The number of benzene rings is 1. The monoisotopic (exact) mass is 586 g/mol. The van der Waals surface area contributed by atoms with E-state index in [2.05, 4.69) is 35.3 Å². The van der Waals surface area contributed by atoms with E-state index in [0.29, 0.717) is 44.6 Å². The van der Waals surface area contributed by atoms with Gasteiger partial charge in [-0.1, -0.05) is 30.9 Å². The Bertz CT molecular complexity index is 1530. The number of ether oxygens (including phenoxy) is 1. The van der Waals surface area contributed by atoms with Crippen LogP contribution in [0.5, 0.6) is 5.88 Å². The van der Waals surface area contributed by atoms with Gasteiger partial charge in [-0.3, -0.25) is 9.36 Å². The molecule has 10 nitrogen and oxygen atoms in total. The Labute approximate surface area is 241 Å². The van der Waals surface area contributed by atoms with E-state index < -0.39 is 11.4 Å². The average molecular weight is 587 g/mol. The summed E-state index contributed by atoms with van der Waals surface area (Å²) in [7, 11) is 6.86. The summed E-state index contributed by atoms with van der Waals surface area (Å²) in [5.74, 6) is 0.286. The lowest BCUT2D eigenvalue weighted by atomic mass is 9.96. The van der Waals surface area contributed by atoms with Crippen molar-refractivity contribution in [2.45, 2.75) is 43.0 Å². The third kappa shape index (κ3) is 6.98. The lowest BCUT2D eigenvalue weighted by molar-refractivity contribution is 0.387. The molecule has 1 saturated carbocycles. The third-order valence-electron chi connectivity index (χ3n) is 6.22. The number of nitrogens with one attached hydrogen (secondary N) is 3. The van der Waals surface area contributed by atoms with Gasteiger partial charge in [0.15, 0.2) is 5.65 Å². The largest absolute Gasteiger partial charge is 0.480 e. The Hall–Kier alpha value is -3.48. The molecule has 5 rings (SSSR count). The van der Waals surface area contributed by atoms with Crippen LogP contribution in [0.15, 0.2) is 46.3 Å². The predicted molar refractivity (Wildman–Crippen MR) is 159 cm³/mol. The Morgan fingerprint density at radius 1 is 1.10 bits per heavy atom. The maximum atomic E-state index is 14.9. The molecule has 1 aliphatic carbocycles. The molecule has 0 unspecified atom stereocenters. The number of nitrogens with zero attached hydrogens (tertiary/aromatic N) is 5. The fourth-order valence-corrected chi connectivity index (χ4v) is 5.30. The minimum Gasteiger partial charge on any atom is -0.480 e. The topological polar surface area (TPSA) is 119 Å². The lowest BCUT2D eigenvalue weighted by Gasteiger charge is -2.22. The molecule has 1 aliphatic rings. The van der Waals surface area contributed by atoms with Crippen LogP contribution >= 0.6 is 23.5 Å². The van der Waals surface area contributed by atoms with Crippen molar-refractivity contribution in [2.75, 3.05) is 31.2 Å². The zero-order valence-electron chi connectivity index (χ0n) is 22.8. The van der Waals surface area contributed by atoms with Crippen LogP contribution < -0.4 is 25.7 Å². The van der Waals surface area contributed by atoms with Crippen LogP contribution in [0.3, 0.4) is 0 Å². The normalized spacial score (nSPS) is 13.4. The van der Waals surface area contributed by atoms with Crippen molar-refractivity contribution < 1.29 is 9.13 Å². The quantitative estimate of drug-likeness (QED) is 0.247. The van der Waals surface area contributed by atoms with Gasteiger partial charge in [0.2, 0.25) is 11.8 Å². The van der Waals surface area contributed by atoms with Gasteiger partial charge in [-0.2, -0.15) is 4.98 Å². The number of hydrogen-bond donors (Lipinski definition) is 3. The molecule has 0 amide bonds. The van der Waals surface area contributed by atoms with Crippen LogP contribution in [-0.4, -0.2) is 51.7 Å². The van der Waals surface area contributed by atoms with Crippen molar-refractivity contribution in [3.63, 3.8) is 0 Å². The molecule has 0 aliphatic heterocycles. The van der Waals surface area contributed by atoms with Gasteiger partial charge < -0.3 is 20.1 Å². The molecule has 3 N–H and O–H groups in total. The Morgan fingerprint density at radius 3 is 2.58 bits per heavy atom. The predicted octanol–water partition coefficient (Wildman–Crippen LogP) is 5.29. The zero-order chi connectivity index (χ0) is 28.6. The van der Waals surface area contributed by atoms with Crippen LogP contribution in [0.4, 0.5) is 16.0 Å². The number of methoxy groups -OCH3 is 1. The van der Waals surface area contributed by atoms with Crippen molar-refractivity contribution in [3.05, 3.63) is 57.9 Å². The first-order valence-electron chi connectivity index (χ1n) is 12.9. The number of rotatable bonds is 7. The van der Waals surface area contributed by atoms with Crippen LogP contribution in [0.25, 0.3) is 22.4 Å². The molecular weight excluding hydrogens is 555 g/mol. The number of fused-ring (bicyclic) bond motifs is 1. The summed E-state index contributed by atoms with van der Waals surface area (Å²) in [6.45, 7) is 0. The minimum atomic E-state index is -0.571. The van der Waals surface area contributed by atoms with Crippen LogP contribution in [0, 0.1) is 5.82 Å². The van der Waals surface area contributed by atoms with Gasteiger partial charge in [0.05, 0.1) is 23.2 Å². The second kappa shape index (κ2) is 13.7. The maximum absolute atomic E-state index is 14.9. The summed E-state index contributed by atoms with van der Waals surface area (Å²) in [4.78, 5) is 31.4. The molecule has 40 heavy (non-hydrogen) atoms. The summed E-state index contributed by atoms with van der Waals surface area (Å²) in [5.41, 5.74) is 0.907. The van der Waals surface area contributed by atoms with Gasteiger partial charge in [-0.05, 0) is 63.2 Å². The smallest absolute Gasteiger partial charge is 0.278 e. The first kappa shape index (κ1) is 29.5. The summed E-state index contributed by atoms with van der Waals surface area (Å²) >= 11 is 7.25. The lowest BCUT2D eigenvalue weighted by Crippen LogP contribution is -2.25. The molecule has 4 aromatic rings. The van der Waals surface area contributed by atoms with Gasteiger partial charge in [0.25, 0.3) is 5.56 Å². The Kier molecular flexibility index (Phi) is 10.1. The van der Waals surface area contributed by atoms with Gasteiger partial charge in [0.1, 0.15) is 17.0 Å². The molecule has 212 valence electrons. The Morgan fingerprint density at radius 2 is 1.85 bits per heavy atom. The van der Waals surface area contributed by atoms with Crippen molar-refractivity contribution >= 4 is 46.3 Å². The van der Waals surface area contributed by atoms with Crippen LogP contribution in [0.1, 0.15) is 32.1 Å². The highest BCUT2D eigenvalue weighted by atomic mass is 35.5. The van der Waals surface area contributed by atoms with E-state index in [4.69, 9.17) is 16.3 Å². The second-order valence-electron chi connectivity index (χ2n) is 9.27. The molecular formula is C27H32ClFN8O2S. The van der Waals surface area contributed by atoms with E-state index in [1.54, 1.807) is 25.4 Å².